The lowest BCUT2D eigenvalue weighted by Crippen LogP contribution is -2.51. The third kappa shape index (κ3) is 7.46. The molecule has 3 aromatic rings. The fraction of sp³-hybridized carbons (Fsp3) is 0.310. The van der Waals surface area contributed by atoms with Crippen molar-refractivity contribution in [2.24, 2.45) is 0 Å². The molecule has 3 rings (SSSR count). The van der Waals surface area contributed by atoms with Crippen molar-refractivity contribution in [2.45, 2.75) is 52.1 Å². The minimum Gasteiger partial charge on any atom is -0.354 e. The van der Waals surface area contributed by atoms with Gasteiger partial charge in [0.25, 0.3) is 0 Å². The number of unbranched alkanes of at least 4 members (excludes halogenated alkanes) is 1. The summed E-state index contributed by atoms with van der Waals surface area (Å²) >= 11 is 6.23. The fourth-order valence-electron chi connectivity index (χ4n) is 3.97. The first-order valence-electron chi connectivity index (χ1n) is 11.9. The van der Waals surface area contributed by atoms with Crippen LogP contribution in [0.3, 0.4) is 0 Å². The van der Waals surface area contributed by atoms with Crippen LogP contribution in [0.1, 0.15) is 42.0 Å². The molecule has 0 bridgehead atoms. The molecular formula is C29H33ClN2O2. The van der Waals surface area contributed by atoms with Gasteiger partial charge >= 0.3 is 0 Å². The molecule has 0 unspecified atom stereocenters. The Balaban J connectivity index is 1.95. The van der Waals surface area contributed by atoms with Gasteiger partial charge in [0.15, 0.2) is 0 Å². The van der Waals surface area contributed by atoms with Gasteiger partial charge in [-0.15, -0.1) is 0 Å². The van der Waals surface area contributed by atoms with E-state index in [0.717, 1.165) is 35.1 Å². The topological polar surface area (TPSA) is 49.4 Å². The van der Waals surface area contributed by atoms with Crippen molar-refractivity contribution < 1.29 is 9.59 Å². The Bertz CT molecular complexity index is 1080. The Kier molecular flexibility index (Phi) is 9.72. The van der Waals surface area contributed by atoms with Gasteiger partial charge in [0.2, 0.25) is 11.8 Å². The number of nitrogens with zero attached hydrogens (tertiary/aromatic N) is 1. The van der Waals surface area contributed by atoms with E-state index < -0.39 is 6.04 Å². The zero-order valence-corrected chi connectivity index (χ0v) is 20.7. The van der Waals surface area contributed by atoms with Gasteiger partial charge < -0.3 is 10.2 Å². The van der Waals surface area contributed by atoms with E-state index in [0.29, 0.717) is 24.5 Å². The number of hydrogen-bond donors (Lipinski definition) is 1. The van der Waals surface area contributed by atoms with Gasteiger partial charge in [-0.3, -0.25) is 9.59 Å². The van der Waals surface area contributed by atoms with Gasteiger partial charge in [-0.25, -0.2) is 0 Å². The lowest BCUT2D eigenvalue weighted by molar-refractivity contribution is -0.140. The molecule has 0 spiro atoms. The largest absolute Gasteiger partial charge is 0.354 e. The van der Waals surface area contributed by atoms with Crippen LogP contribution in [-0.4, -0.2) is 29.3 Å². The molecule has 2 amide bonds. The predicted molar refractivity (Wildman–Crippen MR) is 139 cm³/mol. The lowest BCUT2D eigenvalue weighted by Gasteiger charge is -2.32. The van der Waals surface area contributed by atoms with Gasteiger partial charge in [-0.2, -0.15) is 0 Å². The van der Waals surface area contributed by atoms with Crippen molar-refractivity contribution in [3.63, 3.8) is 0 Å². The van der Waals surface area contributed by atoms with Crippen LogP contribution >= 0.6 is 11.6 Å². The minimum absolute atomic E-state index is 0.0825. The van der Waals surface area contributed by atoms with Gasteiger partial charge in [0.05, 0.1) is 6.42 Å². The van der Waals surface area contributed by atoms with E-state index >= 15 is 0 Å². The van der Waals surface area contributed by atoms with Gasteiger partial charge in [-0.05, 0) is 47.7 Å². The summed E-state index contributed by atoms with van der Waals surface area (Å²) in [6, 6.07) is 24.6. The highest BCUT2D eigenvalue weighted by Crippen LogP contribution is 2.19. The number of aryl methyl sites for hydroxylation is 1. The molecule has 178 valence electrons. The van der Waals surface area contributed by atoms with Crippen LogP contribution in [0.5, 0.6) is 0 Å². The molecule has 34 heavy (non-hydrogen) atoms. The maximum absolute atomic E-state index is 13.7. The van der Waals surface area contributed by atoms with Crippen molar-refractivity contribution >= 4 is 23.4 Å². The Labute approximate surface area is 207 Å². The molecule has 0 fully saturated rings. The number of rotatable bonds is 11. The second-order valence-corrected chi connectivity index (χ2v) is 9.04. The molecule has 0 aliphatic rings. The average molecular weight is 477 g/mol. The van der Waals surface area contributed by atoms with Crippen LogP contribution in [0.2, 0.25) is 5.02 Å². The average Bonchev–Trinajstić information content (AvgIpc) is 2.83. The van der Waals surface area contributed by atoms with E-state index in [4.69, 9.17) is 11.6 Å². The summed E-state index contributed by atoms with van der Waals surface area (Å²) in [5, 5.41) is 3.66. The van der Waals surface area contributed by atoms with Crippen LogP contribution in [0.25, 0.3) is 0 Å². The van der Waals surface area contributed by atoms with Crippen molar-refractivity contribution in [3.05, 3.63) is 106 Å². The van der Waals surface area contributed by atoms with Crippen LogP contribution < -0.4 is 5.32 Å². The molecule has 5 heteroatoms. The molecule has 0 radical (unpaired) electrons. The van der Waals surface area contributed by atoms with Crippen LogP contribution in [0.4, 0.5) is 0 Å². The van der Waals surface area contributed by atoms with Gasteiger partial charge in [-0.1, -0.05) is 91.7 Å². The van der Waals surface area contributed by atoms with E-state index in [9.17, 15) is 9.59 Å². The predicted octanol–water partition coefficient (Wildman–Crippen LogP) is 5.75. The van der Waals surface area contributed by atoms with Crippen LogP contribution in [-0.2, 0) is 29.0 Å². The normalized spacial score (nSPS) is 11.6. The molecule has 3 aromatic carbocycles. The summed E-state index contributed by atoms with van der Waals surface area (Å²) in [7, 11) is 0. The molecule has 1 N–H and O–H groups in total. The molecular weight excluding hydrogens is 444 g/mol. The number of amides is 2. The number of carbonyl (C=O) groups is 2. The lowest BCUT2D eigenvalue weighted by atomic mass is 10.00. The summed E-state index contributed by atoms with van der Waals surface area (Å²) in [5.41, 5.74) is 3.93. The first kappa shape index (κ1) is 25.5. The monoisotopic (exact) mass is 476 g/mol. The molecule has 1 atom stereocenters. The van der Waals surface area contributed by atoms with Crippen molar-refractivity contribution in [2.75, 3.05) is 6.54 Å². The SMILES string of the molecule is CCCCNC(=O)[C@@H](Cc1ccccc1)N(Cc1cccc(Cl)c1)C(=O)Cc1ccccc1C. The number of halogens is 1. The zero-order chi connectivity index (χ0) is 24.3. The summed E-state index contributed by atoms with van der Waals surface area (Å²) in [6.45, 7) is 5.00. The quantitative estimate of drug-likeness (QED) is 0.358. The smallest absolute Gasteiger partial charge is 0.243 e. The van der Waals surface area contributed by atoms with E-state index in [-0.39, 0.29) is 18.2 Å². The number of nitrogens with one attached hydrogen (secondary N) is 1. The number of benzene rings is 3. The number of carbonyl (C=O) groups excluding carboxylic acids is 2. The molecule has 0 aliphatic carbocycles. The Morgan fingerprint density at radius 3 is 2.35 bits per heavy atom. The van der Waals surface area contributed by atoms with E-state index in [1.165, 1.54) is 0 Å². The van der Waals surface area contributed by atoms with E-state index in [2.05, 4.69) is 12.2 Å². The van der Waals surface area contributed by atoms with E-state index in [1.807, 2.05) is 85.8 Å². The summed E-state index contributed by atoms with van der Waals surface area (Å²) < 4.78 is 0. The first-order valence-corrected chi connectivity index (χ1v) is 12.3. The van der Waals surface area contributed by atoms with Crippen molar-refractivity contribution in [1.82, 2.24) is 10.2 Å². The Morgan fingerprint density at radius 2 is 1.65 bits per heavy atom. The zero-order valence-electron chi connectivity index (χ0n) is 20.0. The highest BCUT2D eigenvalue weighted by molar-refractivity contribution is 6.30. The fourth-order valence-corrected chi connectivity index (χ4v) is 4.18. The minimum atomic E-state index is -0.630. The molecule has 4 nitrogen and oxygen atoms in total. The Morgan fingerprint density at radius 1 is 0.941 bits per heavy atom. The molecule has 0 heterocycles. The highest BCUT2D eigenvalue weighted by atomic mass is 35.5. The maximum atomic E-state index is 13.7. The van der Waals surface area contributed by atoms with Crippen molar-refractivity contribution in [3.8, 4) is 0 Å². The van der Waals surface area contributed by atoms with Crippen LogP contribution in [0, 0.1) is 6.92 Å². The molecule has 0 aliphatic heterocycles. The second-order valence-electron chi connectivity index (χ2n) is 8.60. The third-order valence-corrected chi connectivity index (χ3v) is 6.18. The van der Waals surface area contributed by atoms with Crippen LogP contribution in [0.15, 0.2) is 78.9 Å². The first-order chi connectivity index (χ1) is 16.5. The van der Waals surface area contributed by atoms with Gasteiger partial charge in [0.1, 0.15) is 6.04 Å². The third-order valence-electron chi connectivity index (χ3n) is 5.95. The van der Waals surface area contributed by atoms with Crippen molar-refractivity contribution in [1.29, 1.82) is 0 Å². The standard InChI is InChI=1S/C29H33ClN2O2/c1-3-4-17-31-29(34)27(19-23-12-6-5-7-13-23)32(21-24-14-10-16-26(30)18-24)28(33)20-25-15-9-8-11-22(25)2/h5-16,18,27H,3-4,17,19-21H2,1-2H3,(H,31,34)/t27-/m1/s1. The highest BCUT2D eigenvalue weighted by Gasteiger charge is 2.30. The molecule has 0 saturated carbocycles. The second kappa shape index (κ2) is 13.0. The van der Waals surface area contributed by atoms with Gasteiger partial charge in [0, 0.05) is 24.5 Å². The summed E-state index contributed by atoms with van der Waals surface area (Å²) in [5.74, 6) is -0.210. The summed E-state index contributed by atoms with van der Waals surface area (Å²) in [6.07, 6.45) is 2.57. The van der Waals surface area contributed by atoms with E-state index in [1.54, 1.807) is 4.90 Å². The maximum Gasteiger partial charge on any atom is 0.243 e. The summed E-state index contributed by atoms with van der Waals surface area (Å²) in [4.78, 5) is 28.9. The Hall–Kier alpha value is -3.11. The molecule has 0 saturated heterocycles. The number of hydrogen-bond acceptors (Lipinski definition) is 2. The molecule has 0 aromatic heterocycles.